The van der Waals surface area contributed by atoms with Gasteiger partial charge in [-0.25, -0.2) is 5.43 Å². The smallest absolute Gasteiger partial charge is 0.329 e. The number of aromatic nitrogens is 2. The Labute approximate surface area is 179 Å². The summed E-state index contributed by atoms with van der Waals surface area (Å²) in [5, 5.41) is 15.0. The topological polar surface area (TPSA) is 106 Å². The number of hydrazone groups is 1. The Morgan fingerprint density at radius 1 is 1.17 bits per heavy atom. The van der Waals surface area contributed by atoms with Gasteiger partial charge in [-0.15, -0.1) is 10.2 Å². The number of hydrogen-bond donors (Lipinski definition) is 2. The third kappa shape index (κ3) is 5.69. The molecule has 0 saturated heterocycles. The molecule has 3 aromatic rings. The number of rotatable bonds is 6. The molecular formula is C19H16BrN5O3S. The highest BCUT2D eigenvalue weighted by Gasteiger charge is 2.16. The van der Waals surface area contributed by atoms with Crippen LogP contribution in [0.2, 0.25) is 0 Å². The lowest BCUT2D eigenvalue weighted by Crippen LogP contribution is -2.32. The van der Waals surface area contributed by atoms with Crippen LogP contribution in [0.4, 0.5) is 5.13 Å². The summed E-state index contributed by atoms with van der Waals surface area (Å²) < 4.78 is 6.19. The Hall–Kier alpha value is -3.11. The lowest BCUT2D eigenvalue weighted by atomic mass is 10.2. The first-order valence-corrected chi connectivity index (χ1v) is 10.1. The molecule has 2 aromatic carbocycles. The number of benzene rings is 2. The molecule has 1 aromatic heterocycles. The molecule has 2 amide bonds. The van der Waals surface area contributed by atoms with Crippen molar-refractivity contribution >= 4 is 50.4 Å². The maximum Gasteiger partial charge on any atom is 0.329 e. The van der Waals surface area contributed by atoms with Gasteiger partial charge in [0.1, 0.15) is 10.8 Å². The number of nitrogens with zero attached hydrogens (tertiary/aromatic N) is 3. The second-order valence-electron chi connectivity index (χ2n) is 5.55. The monoisotopic (exact) mass is 473 g/mol. The molecule has 0 bridgehead atoms. The van der Waals surface area contributed by atoms with Crippen molar-refractivity contribution in [2.24, 2.45) is 5.10 Å². The van der Waals surface area contributed by atoms with Gasteiger partial charge < -0.3 is 4.74 Å². The molecule has 0 unspecified atom stereocenters. The van der Waals surface area contributed by atoms with Gasteiger partial charge in [0.2, 0.25) is 5.13 Å². The molecule has 0 spiro atoms. The van der Waals surface area contributed by atoms with Gasteiger partial charge in [-0.2, -0.15) is 5.10 Å². The van der Waals surface area contributed by atoms with E-state index in [1.165, 1.54) is 17.6 Å². The van der Waals surface area contributed by atoms with Crippen LogP contribution in [0.25, 0.3) is 10.6 Å². The minimum Gasteiger partial charge on any atom is -0.494 e. The maximum atomic E-state index is 12.0. The van der Waals surface area contributed by atoms with Crippen LogP contribution in [-0.2, 0) is 9.59 Å². The SMILES string of the molecule is CCOc1ccc(Br)c(C=NNC(=O)C(=O)Nc2nnc(-c3ccccc3)s2)c1. The fourth-order valence-electron chi connectivity index (χ4n) is 2.21. The van der Waals surface area contributed by atoms with E-state index in [0.717, 1.165) is 10.0 Å². The molecule has 29 heavy (non-hydrogen) atoms. The van der Waals surface area contributed by atoms with Gasteiger partial charge in [-0.1, -0.05) is 57.6 Å². The van der Waals surface area contributed by atoms with Crippen LogP contribution in [0.15, 0.2) is 58.1 Å². The molecular weight excluding hydrogens is 458 g/mol. The molecule has 1 heterocycles. The summed E-state index contributed by atoms with van der Waals surface area (Å²) in [4.78, 5) is 24.0. The Morgan fingerprint density at radius 3 is 2.72 bits per heavy atom. The highest BCUT2D eigenvalue weighted by molar-refractivity contribution is 9.10. The first kappa shape index (κ1) is 20.6. The lowest BCUT2D eigenvalue weighted by molar-refractivity contribution is -0.136. The molecule has 0 saturated carbocycles. The molecule has 10 heteroatoms. The molecule has 2 N–H and O–H groups in total. The molecule has 0 atom stereocenters. The van der Waals surface area contributed by atoms with Crippen molar-refractivity contribution in [3.8, 4) is 16.3 Å². The number of halogens is 1. The van der Waals surface area contributed by atoms with Gasteiger partial charge >= 0.3 is 11.8 Å². The average molecular weight is 474 g/mol. The van der Waals surface area contributed by atoms with Gasteiger partial charge in [0.05, 0.1) is 12.8 Å². The zero-order valence-corrected chi connectivity index (χ0v) is 17.7. The molecule has 3 rings (SSSR count). The van der Waals surface area contributed by atoms with Crippen LogP contribution in [0.1, 0.15) is 12.5 Å². The lowest BCUT2D eigenvalue weighted by Gasteiger charge is -2.05. The Kier molecular flexibility index (Phi) is 7.04. The molecule has 0 fully saturated rings. The number of anilines is 1. The van der Waals surface area contributed by atoms with Crippen molar-refractivity contribution < 1.29 is 14.3 Å². The van der Waals surface area contributed by atoms with Crippen molar-refractivity contribution in [1.29, 1.82) is 0 Å². The quantitative estimate of drug-likeness (QED) is 0.324. The minimum atomic E-state index is -0.921. The number of carbonyl (C=O) groups is 2. The van der Waals surface area contributed by atoms with E-state index in [9.17, 15) is 9.59 Å². The van der Waals surface area contributed by atoms with Gasteiger partial charge in [0, 0.05) is 15.6 Å². The molecule has 0 aliphatic heterocycles. The second kappa shape index (κ2) is 9.89. The van der Waals surface area contributed by atoms with E-state index in [0.29, 0.717) is 22.9 Å². The third-order valence-electron chi connectivity index (χ3n) is 3.52. The van der Waals surface area contributed by atoms with Crippen LogP contribution in [0.5, 0.6) is 5.75 Å². The first-order chi connectivity index (χ1) is 14.1. The zero-order chi connectivity index (χ0) is 20.6. The Morgan fingerprint density at radius 2 is 1.97 bits per heavy atom. The number of carbonyl (C=O) groups excluding carboxylic acids is 2. The number of ether oxygens (including phenoxy) is 1. The second-order valence-corrected chi connectivity index (χ2v) is 7.38. The van der Waals surface area contributed by atoms with Gasteiger partial charge in [0.25, 0.3) is 0 Å². The van der Waals surface area contributed by atoms with E-state index in [1.807, 2.05) is 43.3 Å². The van der Waals surface area contributed by atoms with E-state index < -0.39 is 11.8 Å². The fraction of sp³-hybridized carbons (Fsp3) is 0.105. The summed E-state index contributed by atoms with van der Waals surface area (Å²) in [6.07, 6.45) is 1.41. The summed E-state index contributed by atoms with van der Waals surface area (Å²) in [6.45, 7) is 2.42. The average Bonchev–Trinajstić information content (AvgIpc) is 3.19. The van der Waals surface area contributed by atoms with Gasteiger partial charge in [-0.05, 0) is 25.1 Å². The normalized spacial score (nSPS) is 10.7. The zero-order valence-electron chi connectivity index (χ0n) is 15.3. The van der Waals surface area contributed by atoms with Crippen LogP contribution in [0, 0.1) is 0 Å². The van der Waals surface area contributed by atoms with Crippen LogP contribution in [0.3, 0.4) is 0 Å². The molecule has 8 nitrogen and oxygen atoms in total. The number of nitrogens with one attached hydrogen (secondary N) is 2. The van der Waals surface area contributed by atoms with Gasteiger partial charge in [0.15, 0.2) is 0 Å². The van der Waals surface area contributed by atoms with Crippen LogP contribution < -0.4 is 15.5 Å². The largest absolute Gasteiger partial charge is 0.494 e. The first-order valence-electron chi connectivity index (χ1n) is 8.52. The van der Waals surface area contributed by atoms with Gasteiger partial charge in [-0.3, -0.25) is 14.9 Å². The van der Waals surface area contributed by atoms with Crippen molar-refractivity contribution in [2.45, 2.75) is 6.92 Å². The standard InChI is InChI=1S/C19H16BrN5O3S/c1-2-28-14-8-9-15(20)13(10-14)11-21-23-17(27)16(26)22-19-25-24-18(29-19)12-6-4-3-5-7-12/h3-11H,2H2,1H3,(H,23,27)(H,22,25,26). The summed E-state index contributed by atoms with van der Waals surface area (Å²) in [7, 11) is 0. The van der Waals surface area contributed by atoms with E-state index in [1.54, 1.807) is 12.1 Å². The summed E-state index contributed by atoms with van der Waals surface area (Å²) in [5.41, 5.74) is 3.74. The predicted octanol–water partition coefficient (Wildman–Crippen LogP) is 3.46. The molecule has 0 radical (unpaired) electrons. The Bertz CT molecular complexity index is 1040. The van der Waals surface area contributed by atoms with Crippen molar-refractivity contribution in [3.63, 3.8) is 0 Å². The maximum absolute atomic E-state index is 12.0. The minimum absolute atomic E-state index is 0.222. The Balaban J connectivity index is 1.57. The highest BCUT2D eigenvalue weighted by Crippen LogP contribution is 2.25. The van der Waals surface area contributed by atoms with Crippen LogP contribution in [-0.4, -0.2) is 34.8 Å². The summed E-state index contributed by atoms with van der Waals surface area (Å²) >= 11 is 4.56. The number of amides is 2. The highest BCUT2D eigenvalue weighted by atomic mass is 79.9. The molecule has 0 aliphatic rings. The van der Waals surface area contributed by atoms with E-state index in [2.05, 4.69) is 42.0 Å². The summed E-state index contributed by atoms with van der Waals surface area (Å²) in [5.74, 6) is -1.14. The molecule has 0 aliphatic carbocycles. The van der Waals surface area contributed by atoms with Crippen molar-refractivity contribution in [1.82, 2.24) is 15.6 Å². The summed E-state index contributed by atoms with van der Waals surface area (Å²) in [6, 6.07) is 14.8. The van der Waals surface area contributed by atoms with E-state index >= 15 is 0 Å². The van der Waals surface area contributed by atoms with E-state index in [-0.39, 0.29) is 5.13 Å². The van der Waals surface area contributed by atoms with Crippen molar-refractivity contribution in [3.05, 3.63) is 58.6 Å². The van der Waals surface area contributed by atoms with Crippen molar-refractivity contribution in [2.75, 3.05) is 11.9 Å². The molecule has 148 valence electrons. The third-order valence-corrected chi connectivity index (χ3v) is 5.13. The fourth-order valence-corrected chi connectivity index (χ4v) is 3.31. The van der Waals surface area contributed by atoms with E-state index in [4.69, 9.17) is 4.74 Å². The van der Waals surface area contributed by atoms with Crippen LogP contribution >= 0.6 is 27.3 Å². The number of hydrogen-bond acceptors (Lipinski definition) is 7. The predicted molar refractivity (Wildman–Crippen MR) is 115 cm³/mol.